The largest absolute Gasteiger partial charge is 0.482 e. The summed E-state index contributed by atoms with van der Waals surface area (Å²) in [6.07, 6.45) is 6.68. The average Bonchev–Trinajstić information content (AvgIpc) is 2.64. The van der Waals surface area contributed by atoms with Crippen LogP contribution in [0.2, 0.25) is 0 Å². The minimum absolute atomic E-state index is 0.0825. The van der Waals surface area contributed by atoms with Gasteiger partial charge in [0.2, 0.25) is 5.76 Å². The average molecular weight is 394 g/mol. The van der Waals surface area contributed by atoms with Crippen molar-refractivity contribution in [3.8, 4) is 6.07 Å². The highest BCUT2D eigenvalue weighted by molar-refractivity contribution is 7.59. The van der Waals surface area contributed by atoms with Crippen LogP contribution < -0.4 is 5.32 Å². The van der Waals surface area contributed by atoms with Crippen molar-refractivity contribution in [2.75, 3.05) is 20.8 Å². The first-order valence-electron chi connectivity index (χ1n) is 9.45. The number of allylic oxidation sites excluding steroid dienone is 2. The van der Waals surface area contributed by atoms with Crippen molar-refractivity contribution in [3.05, 3.63) is 16.8 Å². The predicted octanol–water partition coefficient (Wildman–Crippen LogP) is 3.52. The summed E-state index contributed by atoms with van der Waals surface area (Å²) in [4.78, 5) is 11.8. The molecule has 4 bridgehead atoms. The number of nitriles is 1. The van der Waals surface area contributed by atoms with E-state index in [2.05, 4.69) is 5.32 Å². The highest BCUT2D eigenvalue weighted by atomic mass is 31.2. The molecular weight excluding hydrogens is 367 g/mol. The summed E-state index contributed by atoms with van der Waals surface area (Å²) in [6, 6.07) is 1.98. The van der Waals surface area contributed by atoms with Crippen molar-refractivity contribution < 1.29 is 23.1 Å². The fourth-order valence-corrected chi connectivity index (χ4v) is 6.62. The zero-order valence-corrected chi connectivity index (χ0v) is 17.0. The molecule has 0 unspecified atom stereocenters. The highest BCUT2D eigenvalue weighted by Crippen LogP contribution is 2.59. The van der Waals surface area contributed by atoms with Crippen LogP contribution in [0.15, 0.2) is 16.8 Å². The Kier molecular flexibility index (Phi) is 5.84. The fourth-order valence-electron chi connectivity index (χ4n) is 5.56. The van der Waals surface area contributed by atoms with Gasteiger partial charge in [0, 0.05) is 19.8 Å². The summed E-state index contributed by atoms with van der Waals surface area (Å²) in [5.41, 5.74) is -0.124. The van der Waals surface area contributed by atoms with Gasteiger partial charge in [-0.25, -0.2) is 4.79 Å². The van der Waals surface area contributed by atoms with E-state index in [0.717, 1.165) is 19.3 Å². The lowest BCUT2D eigenvalue weighted by atomic mass is 9.53. The van der Waals surface area contributed by atoms with Gasteiger partial charge in [0.1, 0.15) is 17.7 Å². The van der Waals surface area contributed by atoms with Crippen LogP contribution in [0.1, 0.15) is 45.4 Å². The minimum Gasteiger partial charge on any atom is -0.482 e. The number of ether oxygens (including phenoxy) is 1. The van der Waals surface area contributed by atoms with E-state index < -0.39 is 7.60 Å². The van der Waals surface area contributed by atoms with Crippen LogP contribution in [-0.4, -0.2) is 32.3 Å². The van der Waals surface area contributed by atoms with Crippen LogP contribution >= 0.6 is 7.60 Å². The first kappa shape index (κ1) is 20.2. The standard InChI is InChI=1S/C19H27N2O5P/c1-4-26-16(11-20)18(17(12-22)27(23,24-2)25-3)21-19-8-13-5-14(9-19)7-15(6-13)10-19/h13-15,21H,4-10H2,1-3H3. The summed E-state index contributed by atoms with van der Waals surface area (Å²) in [6.45, 7) is 1.99. The maximum absolute atomic E-state index is 13.0. The lowest BCUT2D eigenvalue weighted by Crippen LogP contribution is -2.58. The predicted molar refractivity (Wildman–Crippen MR) is 99.1 cm³/mol. The van der Waals surface area contributed by atoms with Crippen molar-refractivity contribution in [3.63, 3.8) is 0 Å². The molecule has 0 saturated heterocycles. The molecule has 4 rings (SSSR count). The Bertz CT molecular complexity index is 719. The molecule has 0 spiro atoms. The Morgan fingerprint density at radius 2 is 1.67 bits per heavy atom. The first-order chi connectivity index (χ1) is 12.9. The van der Waals surface area contributed by atoms with Crippen LogP contribution in [-0.2, 0) is 23.1 Å². The topological polar surface area (TPSA) is 97.7 Å². The SMILES string of the molecule is CCOC(C#N)=C(NC12CC3CC(CC(C3)C1)C2)C(=C=O)P(=O)(OC)OC. The molecule has 4 saturated carbocycles. The molecule has 7 nitrogen and oxygen atoms in total. The molecule has 1 N–H and O–H groups in total. The van der Waals surface area contributed by atoms with Gasteiger partial charge >= 0.3 is 7.60 Å². The number of carbonyl (C=O) groups excluding carboxylic acids is 1. The summed E-state index contributed by atoms with van der Waals surface area (Å²) in [5, 5.41) is 12.7. The van der Waals surface area contributed by atoms with E-state index in [9.17, 15) is 14.6 Å². The smallest absolute Gasteiger partial charge is 0.374 e. The van der Waals surface area contributed by atoms with E-state index in [4.69, 9.17) is 13.8 Å². The minimum atomic E-state index is -3.91. The van der Waals surface area contributed by atoms with Gasteiger partial charge in [-0.3, -0.25) is 4.57 Å². The van der Waals surface area contributed by atoms with E-state index in [1.807, 2.05) is 6.07 Å². The van der Waals surface area contributed by atoms with E-state index in [0.29, 0.717) is 17.8 Å². The fraction of sp³-hybridized carbons (Fsp3) is 0.737. The molecule has 0 amide bonds. The van der Waals surface area contributed by atoms with Crippen LogP contribution in [0.3, 0.4) is 0 Å². The van der Waals surface area contributed by atoms with Gasteiger partial charge in [0.15, 0.2) is 5.31 Å². The molecular formula is C19H27N2O5P. The van der Waals surface area contributed by atoms with Crippen LogP contribution in [0.4, 0.5) is 0 Å². The molecule has 27 heavy (non-hydrogen) atoms. The second-order valence-corrected chi connectivity index (χ2v) is 10.1. The van der Waals surface area contributed by atoms with Gasteiger partial charge in [-0.2, -0.15) is 5.26 Å². The Morgan fingerprint density at radius 1 is 1.15 bits per heavy atom. The second-order valence-electron chi connectivity index (χ2n) is 7.89. The Balaban J connectivity index is 2.03. The Hall–Kier alpha value is -1.57. The Labute approximate surface area is 160 Å². The maximum Gasteiger partial charge on any atom is 0.374 e. The Morgan fingerprint density at radius 3 is 2.04 bits per heavy atom. The number of hydrogen-bond donors (Lipinski definition) is 1. The molecule has 0 aromatic carbocycles. The van der Waals surface area contributed by atoms with E-state index in [1.54, 1.807) is 12.9 Å². The summed E-state index contributed by atoms with van der Waals surface area (Å²) < 4.78 is 28.4. The third-order valence-electron chi connectivity index (χ3n) is 6.13. The molecule has 0 aromatic rings. The summed E-state index contributed by atoms with van der Waals surface area (Å²) >= 11 is 0. The number of hydrogen-bond acceptors (Lipinski definition) is 7. The van der Waals surface area contributed by atoms with Crippen LogP contribution in [0, 0.1) is 29.1 Å². The van der Waals surface area contributed by atoms with Gasteiger partial charge in [-0.1, -0.05) is 0 Å². The second kappa shape index (κ2) is 7.81. The van der Waals surface area contributed by atoms with Crippen LogP contribution in [0.5, 0.6) is 0 Å². The number of nitrogens with one attached hydrogen (secondary N) is 1. The molecule has 4 fully saturated rings. The first-order valence-corrected chi connectivity index (χ1v) is 11.0. The highest BCUT2D eigenvalue weighted by Gasteiger charge is 2.52. The number of rotatable bonds is 8. The third-order valence-corrected chi connectivity index (χ3v) is 7.96. The van der Waals surface area contributed by atoms with Gasteiger partial charge in [-0.15, -0.1) is 0 Å². The lowest BCUT2D eigenvalue weighted by molar-refractivity contribution is -0.0149. The van der Waals surface area contributed by atoms with Crippen molar-refractivity contribution in [2.24, 2.45) is 17.8 Å². The van der Waals surface area contributed by atoms with Gasteiger partial charge in [-0.05, 0) is 63.2 Å². The molecule has 4 aliphatic rings. The maximum atomic E-state index is 13.0. The van der Waals surface area contributed by atoms with Crippen molar-refractivity contribution in [1.82, 2.24) is 5.32 Å². The number of nitrogens with zero attached hydrogens (tertiary/aromatic N) is 1. The summed E-state index contributed by atoms with van der Waals surface area (Å²) in [7, 11) is -1.50. The quantitative estimate of drug-likeness (QED) is 0.221. The molecule has 0 aromatic heterocycles. The van der Waals surface area contributed by atoms with E-state index in [-0.39, 0.29) is 28.9 Å². The van der Waals surface area contributed by atoms with Gasteiger partial charge < -0.3 is 19.1 Å². The zero-order valence-electron chi connectivity index (χ0n) is 16.1. The molecule has 8 heteroatoms. The van der Waals surface area contributed by atoms with E-state index >= 15 is 0 Å². The molecule has 148 valence electrons. The monoisotopic (exact) mass is 394 g/mol. The lowest BCUT2D eigenvalue weighted by Gasteiger charge is -2.57. The summed E-state index contributed by atoms with van der Waals surface area (Å²) in [5.74, 6) is 3.59. The van der Waals surface area contributed by atoms with Crippen LogP contribution in [0.25, 0.3) is 0 Å². The molecule has 0 heterocycles. The van der Waals surface area contributed by atoms with E-state index in [1.165, 1.54) is 33.5 Å². The molecule has 0 aliphatic heterocycles. The van der Waals surface area contributed by atoms with Gasteiger partial charge in [0.25, 0.3) is 0 Å². The zero-order chi connectivity index (χ0) is 19.7. The van der Waals surface area contributed by atoms with Gasteiger partial charge in [0.05, 0.1) is 6.61 Å². The van der Waals surface area contributed by atoms with Crippen molar-refractivity contribution >= 4 is 13.5 Å². The molecule has 0 atom stereocenters. The van der Waals surface area contributed by atoms with Crippen molar-refractivity contribution in [1.29, 1.82) is 5.26 Å². The normalized spacial score (nSPS) is 32.3. The van der Waals surface area contributed by atoms with Crippen molar-refractivity contribution in [2.45, 2.75) is 51.0 Å². The molecule has 0 radical (unpaired) electrons. The molecule has 4 aliphatic carbocycles. The third kappa shape index (κ3) is 3.73.